The standard InChI is InChI=1S/C14H28N2O2/c1-14(2,8-9-15)7-6-13(18)16-10-11-4-3-5-12(11)17/h11-12,17H,3-10,15H2,1-2H3,(H,16,18). The van der Waals surface area contributed by atoms with E-state index in [1.807, 2.05) is 0 Å². The molecule has 1 fully saturated rings. The minimum atomic E-state index is -0.223. The van der Waals surface area contributed by atoms with Gasteiger partial charge in [0.2, 0.25) is 5.91 Å². The number of hydrogen-bond acceptors (Lipinski definition) is 3. The van der Waals surface area contributed by atoms with Gasteiger partial charge < -0.3 is 16.2 Å². The lowest BCUT2D eigenvalue weighted by atomic mass is 9.84. The molecule has 2 atom stereocenters. The predicted molar refractivity (Wildman–Crippen MR) is 73.0 cm³/mol. The van der Waals surface area contributed by atoms with Gasteiger partial charge >= 0.3 is 0 Å². The molecule has 1 aliphatic carbocycles. The number of rotatable bonds is 7. The van der Waals surface area contributed by atoms with Crippen LogP contribution < -0.4 is 11.1 Å². The Hall–Kier alpha value is -0.610. The second-order valence-electron chi connectivity index (χ2n) is 6.27. The fourth-order valence-corrected chi connectivity index (χ4v) is 2.56. The number of amides is 1. The highest BCUT2D eigenvalue weighted by Gasteiger charge is 2.25. The Morgan fingerprint density at radius 1 is 1.39 bits per heavy atom. The Labute approximate surface area is 110 Å². The fraction of sp³-hybridized carbons (Fsp3) is 0.929. The van der Waals surface area contributed by atoms with Gasteiger partial charge in [-0.1, -0.05) is 20.3 Å². The number of aliphatic hydroxyl groups is 1. The third-order valence-corrected chi connectivity index (χ3v) is 4.03. The molecule has 1 amide bonds. The van der Waals surface area contributed by atoms with Crippen LogP contribution in [-0.4, -0.2) is 30.2 Å². The van der Waals surface area contributed by atoms with Crippen LogP contribution >= 0.6 is 0 Å². The number of hydrogen-bond donors (Lipinski definition) is 3. The SMILES string of the molecule is CC(C)(CCN)CCC(=O)NCC1CCCC1O. The first-order valence-corrected chi connectivity index (χ1v) is 7.09. The lowest BCUT2D eigenvalue weighted by molar-refractivity contribution is -0.122. The van der Waals surface area contributed by atoms with E-state index in [9.17, 15) is 9.90 Å². The maximum absolute atomic E-state index is 11.7. The molecule has 0 aromatic carbocycles. The predicted octanol–water partition coefficient (Wildman–Crippen LogP) is 1.42. The molecule has 0 aromatic heterocycles. The van der Waals surface area contributed by atoms with Crippen LogP contribution in [0.3, 0.4) is 0 Å². The number of carbonyl (C=O) groups excluding carboxylic acids is 1. The van der Waals surface area contributed by atoms with Crippen LogP contribution in [0.2, 0.25) is 0 Å². The van der Waals surface area contributed by atoms with Crippen molar-refractivity contribution in [1.82, 2.24) is 5.32 Å². The zero-order valence-corrected chi connectivity index (χ0v) is 11.7. The third-order valence-electron chi connectivity index (χ3n) is 4.03. The van der Waals surface area contributed by atoms with Gasteiger partial charge in [-0.2, -0.15) is 0 Å². The van der Waals surface area contributed by atoms with Crippen molar-refractivity contribution in [3.63, 3.8) is 0 Å². The minimum Gasteiger partial charge on any atom is -0.393 e. The molecule has 18 heavy (non-hydrogen) atoms. The van der Waals surface area contributed by atoms with Crippen molar-refractivity contribution in [3.8, 4) is 0 Å². The average Bonchev–Trinajstić information content (AvgIpc) is 2.70. The summed E-state index contributed by atoms with van der Waals surface area (Å²) in [5.41, 5.74) is 5.69. The molecule has 0 aliphatic heterocycles. The van der Waals surface area contributed by atoms with E-state index >= 15 is 0 Å². The third kappa shape index (κ3) is 5.36. The molecule has 1 saturated carbocycles. The van der Waals surface area contributed by atoms with Gasteiger partial charge in [0.1, 0.15) is 0 Å². The van der Waals surface area contributed by atoms with E-state index in [2.05, 4.69) is 19.2 Å². The first-order chi connectivity index (χ1) is 8.44. The summed E-state index contributed by atoms with van der Waals surface area (Å²) < 4.78 is 0. The molecular formula is C14H28N2O2. The Kier molecular flexibility index (Phi) is 6.09. The Morgan fingerprint density at radius 3 is 2.67 bits per heavy atom. The number of aliphatic hydroxyl groups excluding tert-OH is 1. The monoisotopic (exact) mass is 256 g/mol. The van der Waals surface area contributed by atoms with Crippen LogP contribution in [-0.2, 0) is 4.79 Å². The van der Waals surface area contributed by atoms with Gasteiger partial charge in [-0.05, 0) is 37.6 Å². The zero-order valence-electron chi connectivity index (χ0n) is 11.7. The van der Waals surface area contributed by atoms with Crippen LogP contribution in [0, 0.1) is 11.3 Å². The molecule has 106 valence electrons. The van der Waals surface area contributed by atoms with E-state index in [0.717, 1.165) is 32.1 Å². The summed E-state index contributed by atoms with van der Waals surface area (Å²) in [4.78, 5) is 11.7. The first kappa shape index (κ1) is 15.4. The van der Waals surface area contributed by atoms with Gasteiger partial charge in [-0.15, -0.1) is 0 Å². The van der Waals surface area contributed by atoms with Gasteiger partial charge in [-0.25, -0.2) is 0 Å². The quantitative estimate of drug-likeness (QED) is 0.645. The molecule has 1 aliphatic rings. The van der Waals surface area contributed by atoms with Gasteiger partial charge in [-0.3, -0.25) is 4.79 Å². The Balaban J connectivity index is 2.17. The van der Waals surface area contributed by atoms with E-state index in [1.54, 1.807) is 0 Å². The van der Waals surface area contributed by atoms with Crippen molar-refractivity contribution in [2.45, 2.75) is 58.5 Å². The van der Waals surface area contributed by atoms with Crippen molar-refractivity contribution in [3.05, 3.63) is 0 Å². The molecule has 4 nitrogen and oxygen atoms in total. The highest BCUT2D eigenvalue weighted by Crippen LogP contribution is 2.26. The first-order valence-electron chi connectivity index (χ1n) is 7.09. The van der Waals surface area contributed by atoms with Crippen molar-refractivity contribution in [2.75, 3.05) is 13.1 Å². The highest BCUT2D eigenvalue weighted by atomic mass is 16.3. The second-order valence-corrected chi connectivity index (χ2v) is 6.27. The van der Waals surface area contributed by atoms with Crippen molar-refractivity contribution >= 4 is 5.91 Å². The summed E-state index contributed by atoms with van der Waals surface area (Å²) in [6.07, 6.45) is 5.12. The van der Waals surface area contributed by atoms with E-state index in [0.29, 0.717) is 19.5 Å². The normalized spacial score (nSPS) is 24.2. The summed E-state index contributed by atoms with van der Waals surface area (Å²) in [5, 5.41) is 12.6. The molecule has 4 heteroatoms. The van der Waals surface area contributed by atoms with Crippen LogP contribution in [0.15, 0.2) is 0 Å². The summed E-state index contributed by atoms with van der Waals surface area (Å²) in [7, 11) is 0. The average molecular weight is 256 g/mol. The maximum atomic E-state index is 11.7. The van der Waals surface area contributed by atoms with Crippen molar-refractivity contribution in [2.24, 2.45) is 17.1 Å². The molecule has 1 rings (SSSR count). The van der Waals surface area contributed by atoms with Gasteiger partial charge in [0.15, 0.2) is 0 Å². The highest BCUT2D eigenvalue weighted by molar-refractivity contribution is 5.75. The molecular weight excluding hydrogens is 228 g/mol. The van der Waals surface area contributed by atoms with E-state index in [1.165, 1.54) is 0 Å². The topological polar surface area (TPSA) is 75.4 Å². The summed E-state index contributed by atoms with van der Waals surface area (Å²) in [5.74, 6) is 0.352. The fourth-order valence-electron chi connectivity index (χ4n) is 2.56. The maximum Gasteiger partial charge on any atom is 0.220 e. The molecule has 0 saturated heterocycles. The lowest BCUT2D eigenvalue weighted by Crippen LogP contribution is -2.33. The van der Waals surface area contributed by atoms with Crippen LogP contribution in [0.4, 0.5) is 0 Å². The van der Waals surface area contributed by atoms with Crippen LogP contribution in [0.1, 0.15) is 52.4 Å². The molecule has 2 unspecified atom stereocenters. The zero-order chi connectivity index (χ0) is 13.6. The van der Waals surface area contributed by atoms with Crippen molar-refractivity contribution < 1.29 is 9.90 Å². The smallest absolute Gasteiger partial charge is 0.220 e. The van der Waals surface area contributed by atoms with Gasteiger partial charge in [0.25, 0.3) is 0 Å². The Bertz CT molecular complexity index is 267. The van der Waals surface area contributed by atoms with Crippen molar-refractivity contribution in [1.29, 1.82) is 0 Å². The van der Waals surface area contributed by atoms with Crippen LogP contribution in [0.5, 0.6) is 0 Å². The summed E-state index contributed by atoms with van der Waals surface area (Å²) >= 11 is 0. The largest absolute Gasteiger partial charge is 0.393 e. The molecule has 0 radical (unpaired) electrons. The Morgan fingerprint density at radius 2 is 2.11 bits per heavy atom. The molecule has 0 aromatic rings. The van der Waals surface area contributed by atoms with E-state index in [-0.39, 0.29) is 23.3 Å². The molecule has 0 bridgehead atoms. The van der Waals surface area contributed by atoms with Crippen LogP contribution in [0.25, 0.3) is 0 Å². The van der Waals surface area contributed by atoms with E-state index in [4.69, 9.17) is 5.73 Å². The lowest BCUT2D eigenvalue weighted by Gasteiger charge is -2.23. The van der Waals surface area contributed by atoms with E-state index < -0.39 is 0 Å². The minimum absolute atomic E-state index is 0.0965. The summed E-state index contributed by atoms with van der Waals surface area (Å²) in [6.45, 7) is 5.59. The summed E-state index contributed by atoms with van der Waals surface area (Å²) in [6, 6.07) is 0. The molecule has 4 N–H and O–H groups in total. The second kappa shape index (κ2) is 7.10. The van der Waals surface area contributed by atoms with Gasteiger partial charge in [0, 0.05) is 18.9 Å². The number of nitrogens with two attached hydrogens (primary N) is 1. The molecule has 0 spiro atoms. The number of nitrogens with one attached hydrogen (secondary N) is 1. The number of carbonyl (C=O) groups is 1. The molecule has 0 heterocycles. The van der Waals surface area contributed by atoms with Gasteiger partial charge in [0.05, 0.1) is 6.10 Å².